The number of alkyl halides is 1. The smallest absolute Gasteiger partial charge is 0.257 e. The SMILES string of the molecule is Cc1nc(C2CN(C(=O)c3ccc(F)cc3OC3CN(CCF)C3)CC2=N)nc(C)c1Cl. The monoisotopic (exact) mass is 463 g/mol. The van der Waals surface area contributed by atoms with E-state index in [1.807, 2.05) is 4.90 Å². The van der Waals surface area contributed by atoms with Crippen molar-refractivity contribution in [2.75, 3.05) is 39.4 Å². The van der Waals surface area contributed by atoms with Gasteiger partial charge in [0.15, 0.2) is 0 Å². The highest BCUT2D eigenvalue weighted by Gasteiger charge is 2.36. The first-order chi connectivity index (χ1) is 15.3. The first-order valence-electron chi connectivity index (χ1n) is 10.4. The normalized spacial score (nSPS) is 19.3. The lowest BCUT2D eigenvalue weighted by Crippen LogP contribution is -2.54. The molecular formula is C22H24ClF2N5O2. The highest BCUT2D eigenvalue weighted by molar-refractivity contribution is 6.31. The summed E-state index contributed by atoms with van der Waals surface area (Å²) in [6.07, 6.45) is -0.229. The summed E-state index contributed by atoms with van der Waals surface area (Å²) in [4.78, 5) is 25.5. The van der Waals surface area contributed by atoms with E-state index in [-0.39, 0.29) is 36.4 Å². The van der Waals surface area contributed by atoms with Gasteiger partial charge in [0.2, 0.25) is 0 Å². The van der Waals surface area contributed by atoms with Crippen molar-refractivity contribution in [3.63, 3.8) is 0 Å². The van der Waals surface area contributed by atoms with E-state index in [2.05, 4.69) is 9.97 Å². The van der Waals surface area contributed by atoms with E-state index in [0.29, 0.717) is 47.6 Å². The molecule has 2 aliphatic rings. The number of rotatable bonds is 6. The number of ether oxygens (including phenoxy) is 1. The molecule has 0 saturated carbocycles. The van der Waals surface area contributed by atoms with Gasteiger partial charge in [-0.05, 0) is 26.0 Å². The third kappa shape index (κ3) is 4.45. The Morgan fingerprint density at radius 2 is 1.94 bits per heavy atom. The highest BCUT2D eigenvalue weighted by Crippen LogP contribution is 2.30. The second kappa shape index (κ2) is 9.07. The second-order valence-electron chi connectivity index (χ2n) is 8.16. The quantitative estimate of drug-likeness (QED) is 0.711. The molecule has 1 aromatic heterocycles. The Kier molecular flexibility index (Phi) is 6.39. The van der Waals surface area contributed by atoms with Crippen LogP contribution >= 0.6 is 11.6 Å². The summed E-state index contributed by atoms with van der Waals surface area (Å²) in [6.45, 7) is 4.86. The maximum Gasteiger partial charge on any atom is 0.257 e. The molecule has 0 aliphatic carbocycles. The van der Waals surface area contributed by atoms with Crippen LogP contribution in [0.1, 0.15) is 33.5 Å². The van der Waals surface area contributed by atoms with Crippen molar-refractivity contribution < 1.29 is 18.3 Å². The van der Waals surface area contributed by atoms with Crippen molar-refractivity contribution >= 4 is 23.2 Å². The third-order valence-electron chi connectivity index (χ3n) is 5.78. The van der Waals surface area contributed by atoms with Gasteiger partial charge >= 0.3 is 0 Å². The van der Waals surface area contributed by atoms with Crippen molar-refractivity contribution in [2.24, 2.45) is 0 Å². The summed E-state index contributed by atoms with van der Waals surface area (Å²) in [5.74, 6) is -0.676. The van der Waals surface area contributed by atoms with Gasteiger partial charge in [0, 0.05) is 38.0 Å². The summed E-state index contributed by atoms with van der Waals surface area (Å²) in [5.41, 5.74) is 1.81. The van der Waals surface area contributed by atoms with Gasteiger partial charge in [-0.3, -0.25) is 9.69 Å². The van der Waals surface area contributed by atoms with Crippen LogP contribution in [0.25, 0.3) is 0 Å². The van der Waals surface area contributed by atoms with Gasteiger partial charge in [0.25, 0.3) is 5.91 Å². The van der Waals surface area contributed by atoms with Crippen LogP contribution in [0.4, 0.5) is 8.78 Å². The number of hydrogen-bond acceptors (Lipinski definition) is 6. The summed E-state index contributed by atoms with van der Waals surface area (Å²) in [7, 11) is 0. The molecular weight excluding hydrogens is 440 g/mol. The Labute approximate surface area is 189 Å². The Hall–Kier alpha value is -2.65. The van der Waals surface area contributed by atoms with Gasteiger partial charge in [-0.25, -0.2) is 18.7 Å². The molecule has 32 heavy (non-hydrogen) atoms. The van der Waals surface area contributed by atoms with Crippen molar-refractivity contribution in [3.05, 3.63) is 51.8 Å². The van der Waals surface area contributed by atoms with Crippen LogP contribution in [-0.2, 0) is 0 Å². The minimum Gasteiger partial charge on any atom is -0.487 e. The molecule has 4 rings (SSSR count). The van der Waals surface area contributed by atoms with Gasteiger partial charge in [-0.2, -0.15) is 0 Å². The molecule has 2 saturated heterocycles. The molecule has 2 aromatic rings. The highest BCUT2D eigenvalue weighted by atomic mass is 35.5. The lowest BCUT2D eigenvalue weighted by Gasteiger charge is -2.38. The first-order valence-corrected chi connectivity index (χ1v) is 10.8. The van der Waals surface area contributed by atoms with Crippen LogP contribution in [0.3, 0.4) is 0 Å². The molecule has 0 bridgehead atoms. The Balaban J connectivity index is 1.51. The fourth-order valence-corrected chi connectivity index (χ4v) is 4.09. The number of carbonyl (C=O) groups excluding carboxylic acids is 1. The van der Waals surface area contributed by atoms with Gasteiger partial charge < -0.3 is 15.0 Å². The maximum atomic E-state index is 13.9. The van der Waals surface area contributed by atoms with E-state index < -0.39 is 18.4 Å². The zero-order valence-electron chi connectivity index (χ0n) is 17.9. The number of benzene rings is 1. The molecule has 0 spiro atoms. The summed E-state index contributed by atoms with van der Waals surface area (Å²) in [6, 6.07) is 3.80. The van der Waals surface area contributed by atoms with E-state index in [0.717, 1.165) is 0 Å². The molecule has 1 atom stereocenters. The summed E-state index contributed by atoms with van der Waals surface area (Å²) in [5, 5.41) is 8.88. The fraction of sp³-hybridized carbons (Fsp3) is 0.455. The van der Waals surface area contributed by atoms with Crippen molar-refractivity contribution in [1.82, 2.24) is 19.8 Å². The number of aromatic nitrogens is 2. The van der Waals surface area contributed by atoms with E-state index in [1.165, 1.54) is 23.1 Å². The van der Waals surface area contributed by atoms with Crippen LogP contribution in [0, 0.1) is 25.1 Å². The average molecular weight is 464 g/mol. The Bertz CT molecular complexity index is 1040. The van der Waals surface area contributed by atoms with Gasteiger partial charge in [0.1, 0.15) is 30.2 Å². The van der Waals surface area contributed by atoms with E-state index in [4.69, 9.17) is 21.7 Å². The largest absolute Gasteiger partial charge is 0.487 e. The number of aryl methyl sites for hydroxylation is 2. The van der Waals surface area contributed by atoms with Gasteiger partial charge in [0.05, 0.1) is 34.4 Å². The van der Waals surface area contributed by atoms with E-state index in [1.54, 1.807) is 13.8 Å². The van der Waals surface area contributed by atoms with Gasteiger partial charge in [-0.15, -0.1) is 0 Å². The molecule has 1 amide bonds. The minimum absolute atomic E-state index is 0.123. The number of carbonyl (C=O) groups is 1. The Morgan fingerprint density at radius 1 is 1.25 bits per heavy atom. The van der Waals surface area contributed by atoms with Crippen molar-refractivity contribution in [3.8, 4) is 5.75 Å². The lowest BCUT2D eigenvalue weighted by molar-refractivity contribution is 0.0159. The predicted molar refractivity (Wildman–Crippen MR) is 116 cm³/mol. The Morgan fingerprint density at radius 3 is 2.59 bits per heavy atom. The molecule has 7 nitrogen and oxygen atoms in total. The fourth-order valence-electron chi connectivity index (χ4n) is 4.01. The molecule has 1 N–H and O–H groups in total. The molecule has 2 aliphatic heterocycles. The number of nitrogens with zero attached hydrogens (tertiary/aromatic N) is 4. The number of halogens is 3. The van der Waals surface area contributed by atoms with Crippen molar-refractivity contribution in [1.29, 1.82) is 5.41 Å². The van der Waals surface area contributed by atoms with Crippen LogP contribution < -0.4 is 4.74 Å². The van der Waals surface area contributed by atoms with Crippen LogP contribution in [0.5, 0.6) is 5.75 Å². The third-order valence-corrected chi connectivity index (χ3v) is 6.32. The first kappa shape index (κ1) is 22.5. The maximum absolute atomic E-state index is 13.9. The minimum atomic E-state index is -0.510. The number of nitrogens with one attached hydrogen (secondary N) is 1. The zero-order chi connectivity index (χ0) is 23.0. The van der Waals surface area contributed by atoms with Crippen molar-refractivity contribution in [2.45, 2.75) is 25.9 Å². The molecule has 0 radical (unpaired) electrons. The van der Waals surface area contributed by atoms with Gasteiger partial charge in [-0.1, -0.05) is 11.6 Å². The van der Waals surface area contributed by atoms with Crippen LogP contribution in [-0.4, -0.2) is 76.9 Å². The summed E-state index contributed by atoms with van der Waals surface area (Å²) >= 11 is 6.16. The molecule has 2 fully saturated rings. The standard InChI is InChI=1S/C22H24ClF2N5O2/c1-12-20(23)13(2)28-21(27-12)17-10-30(11-18(17)26)22(31)16-4-3-14(25)7-19(16)32-15-8-29(9-15)6-5-24/h3-4,7,15,17,26H,5-6,8-11H2,1-2H3. The lowest BCUT2D eigenvalue weighted by atomic mass is 10.1. The number of hydrogen-bond donors (Lipinski definition) is 1. The zero-order valence-corrected chi connectivity index (χ0v) is 18.6. The molecule has 170 valence electrons. The number of likely N-dealkylation sites (tertiary alicyclic amines) is 2. The second-order valence-corrected chi connectivity index (χ2v) is 8.54. The van der Waals surface area contributed by atoms with E-state index in [9.17, 15) is 13.6 Å². The number of amides is 1. The van der Waals surface area contributed by atoms with Crippen LogP contribution in [0.15, 0.2) is 18.2 Å². The topological polar surface area (TPSA) is 82.4 Å². The molecule has 10 heteroatoms. The molecule has 1 unspecified atom stereocenters. The van der Waals surface area contributed by atoms with Crippen LogP contribution in [0.2, 0.25) is 5.02 Å². The molecule has 1 aromatic carbocycles. The van der Waals surface area contributed by atoms with E-state index >= 15 is 0 Å². The average Bonchev–Trinajstić information content (AvgIpc) is 3.11. The summed E-state index contributed by atoms with van der Waals surface area (Å²) < 4.78 is 32.2. The molecule has 3 heterocycles. The predicted octanol–water partition coefficient (Wildman–Crippen LogP) is 3.18.